The predicted octanol–water partition coefficient (Wildman–Crippen LogP) is 5.69. The molecule has 12 heteroatoms. The Bertz CT molecular complexity index is 1290. The van der Waals surface area contributed by atoms with Gasteiger partial charge in [-0.3, -0.25) is 13.9 Å². The molecule has 3 aromatic rings. The van der Waals surface area contributed by atoms with Crippen molar-refractivity contribution < 1.29 is 33.0 Å². The van der Waals surface area contributed by atoms with Crippen LogP contribution in [-0.4, -0.2) is 29.9 Å². The summed E-state index contributed by atoms with van der Waals surface area (Å²) in [5.74, 6) is -0.805. The number of hydrogen-bond acceptors (Lipinski definition) is 8. The van der Waals surface area contributed by atoms with Gasteiger partial charge in [-0.1, -0.05) is 23.7 Å². The van der Waals surface area contributed by atoms with Crippen molar-refractivity contribution in [3.05, 3.63) is 70.2 Å². The highest BCUT2D eigenvalue weighted by Gasteiger charge is 2.41. The number of nitrogens with two attached hydrogens (primary N) is 1. The molecule has 35 heavy (non-hydrogen) atoms. The molecule has 1 amide bonds. The van der Waals surface area contributed by atoms with Gasteiger partial charge in [-0.25, -0.2) is 4.79 Å². The lowest BCUT2D eigenvalue weighted by Gasteiger charge is -2.21. The summed E-state index contributed by atoms with van der Waals surface area (Å²) in [6.07, 6.45) is 1.40. The normalized spacial score (nSPS) is 14.1. The van der Waals surface area contributed by atoms with E-state index in [0.717, 1.165) is 10.3 Å². The molecule has 0 saturated heterocycles. The van der Waals surface area contributed by atoms with E-state index in [4.69, 9.17) is 31.3 Å². The van der Waals surface area contributed by atoms with E-state index in [2.05, 4.69) is 5.32 Å². The molecule has 3 rings (SSSR count). The number of rotatable bonds is 9. The molecule has 0 aliphatic rings. The number of carbonyl (C=O) groups is 2. The smallest absolute Gasteiger partial charge is 0.432 e. The Hall–Kier alpha value is -2.88. The second-order valence-corrected chi connectivity index (χ2v) is 10.9. The third kappa shape index (κ3) is 7.30. The minimum absolute atomic E-state index is 0.248. The Balaban J connectivity index is 1.86. The van der Waals surface area contributed by atoms with Crippen LogP contribution in [-0.2, 0) is 23.4 Å². The molecule has 0 fully saturated rings. The number of amides is 1. The second kappa shape index (κ2) is 11.7. The topological polar surface area (TPSA) is 137 Å². The first-order valence-electron chi connectivity index (χ1n) is 10.4. The SMILES string of the molecule is CC(C)OC(=O)OCOP(=O)(O)C(C(=O)N/C=C/c1cccc(N)c1)c1csc2ccc(Cl)cc12. The van der Waals surface area contributed by atoms with Gasteiger partial charge in [0.05, 0.1) is 6.10 Å². The van der Waals surface area contributed by atoms with Crippen LogP contribution in [0.5, 0.6) is 0 Å². The molecule has 1 aromatic heterocycles. The van der Waals surface area contributed by atoms with Gasteiger partial charge in [0.2, 0.25) is 12.7 Å². The summed E-state index contributed by atoms with van der Waals surface area (Å²) < 4.78 is 28.5. The van der Waals surface area contributed by atoms with Crippen molar-refractivity contribution in [3.8, 4) is 0 Å². The Morgan fingerprint density at radius 1 is 1.26 bits per heavy atom. The summed E-state index contributed by atoms with van der Waals surface area (Å²) in [7, 11) is -4.71. The Morgan fingerprint density at radius 2 is 2.03 bits per heavy atom. The highest BCUT2D eigenvalue weighted by molar-refractivity contribution is 7.54. The van der Waals surface area contributed by atoms with Crippen LogP contribution in [0.4, 0.5) is 10.5 Å². The van der Waals surface area contributed by atoms with Crippen molar-refractivity contribution in [2.24, 2.45) is 0 Å². The van der Waals surface area contributed by atoms with Crippen LogP contribution in [0, 0.1) is 0 Å². The summed E-state index contributed by atoms with van der Waals surface area (Å²) in [4.78, 5) is 35.5. The summed E-state index contributed by atoms with van der Waals surface area (Å²) in [6, 6.07) is 12.0. The third-order valence-electron chi connectivity index (χ3n) is 4.59. The number of hydrogen-bond donors (Lipinski definition) is 3. The molecule has 0 spiro atoms. The molecule has 0 aliphatic heterocycles. The van der Waals surface area contributed by atoms with E-state index >= 15 is 0 Å². The summed E-state index contributed by atoms with van der Waals surface area (Å²) >= 11 is 7.40. The van der Waals surface area contributed by atoms with Crippen LogP contribution in [0.3, 0.4) is 0 Å². The fourth-order valence-electron chi connectivity index (χ4n) is 3.11. The van der Waals surface area contributed by atoms with Crippen LogP contribution in [0.25, 0.3) is 16.2 Å². The van der Waals surface area contributed by atoms with Gasteiger partial charge in [0, 0.05) is 21.6 Å². The minimum atomic E-state index is -4.71. The lowest BCUT2D eigenvalue weighted by molar-refractivity contribution is -0.120. The minimum Gasteiger partial charge on any atom is -0.432 e. The zero-order valence-electron chi connectivity index (χ0n) is 18.8. The fraction of sp³-hybridized carbons (Fsp3) is 0.217. The van der Waals surface area contributed by atoms with Crippen molar-refractivity contribution in [1.82, 2.24) is 5.32 Å². The van der Waals surface area contributed by atoms with Gasteiger partial charge in [0.25, 0.3) is 0 Å². The fourth-order valence-corrected chi connectivity index (χ4v) is 5.64. The molecule has 186 valence electrons. The van der Waals surface area contributed by atoms with Crippen molar-refractivity contribution in [2.45, 2.75) is 25.6 Å². The molecule has 9 nitrogen and oxygen atoms in total. The molecule has 0 radical (unpaired) electrons. The first kappa shape index (κ1) is 26.7. The first-order valence-corrected chi connectivity index (χ1v) is 13.3. The van der Waals surface area contributed by atoms with E-state index in [1.807, 2.05) is 0 Å². The first-order chi connectivity index (χ1) is 16.6. The van der Waals surface area contributed by atoms with E-state index in [0.29, 0.717) is 16.1 Å². The number of thiophene rings is 1. The number of halogens is 1. The maximum Gasteiger partial charge on any atom is 0.510 e. The molecule has 2 atom stereocenters. The van der Waals surface area contributed by atoms with E-state index in [-0.39, 0.29) is 5.56 Å². The van der Waals surface area contributed by atoms with Crippen LogP contribution < -0.4 is 11.1 Å². The maximum atomic E-state index is 13.2. The van der Waals surface area contributed by atoms with Crippen molar-refractivity contribution in [3.63, 3.8) is 0 Å². The number of nitrogen functional groups attached to an aromatic ring is 1. The molecule has 0 bridgehead atoms. The van der Waals surface area contributed by atoms with E-state index < -0.39 is 38.2 Å². The van der Waals surface area contributed by atoms with Crippen LogP contribution in [0.1, 0.15) is 30.6 Å². The molecule has 2 aromatic carbocycles. The highest BCUT2D eigenvalue weighted by atomic mass is 35.5. The van der Waals surface area contributed by atoms with Crippen LogP contribution in [0.15, 0.2) is 54.0 Å². The lowest BCUT2D eigenvalue weighted by atomic mass is 10.1. The highest BCUT2D eigenvalue weighted by Crippen LogP contribution is 2.58. The summed E-state index contributed by atoms with van der Waals surface area (Å²) in [6.45, 7) is 2.35. The quantitative estimate of drug-likeness (QED) is 0.137. The zero-order chi connectivity index (χ0) is 25.6. The van der Waals surface area contributed by atoms with E-state index in [9.17, 15) is 19.0 Å². The number of benzene rings is 2. The molecule has 0 aliphatic carbocycles. The molecule has 1 heterocycles. The lowest BCUT2D eigenvalue weighted by Crippen LogP contribution is -2.26. The van der Waals surface area contributed by atoms with Gasteiger partial charge in [-0.15, -0.1) is 11.3 Å². The molecular formula is C23H24ClN2O7PS. The number of anilines is 1. The van der Waals surface area contributed by atoms with Crippen LogP contribution in [0.2, 0.25) is 5.02 Å². The number of ether oxygens (including phenoxy) is 2. The van der Waals surface area contributed by atoms with Gasteiger partial charge in [0.1, 0.15) is 0 Å². The Labute approximate surface area is 211 Å². The third-order valence-corrected chi connectivity index (χ3v) is 7.45. The monoisotopic (exact) mass is 538 g/mol. The van der Waals surface area contributed by atoms with E-state index in [1.165, 1.54) is 17.5 Å². The van der Waals surface area contributed by atoms with Crippen molar-refractivity contribution in [2.75, 3.05) is 12.5 Å². The maximum absolute atomic E-state index is 13.2. The largest absolute Gasteiger partial charge is 0.510 e. The average Bonchev–Trinajstić information content (AvgIpc) is 3.15. The van der Waals surface area contributed by atoms with Gasteiger partial charge in [-0.2, -0.15) is 0 Å². The standard InChI is InChI=1S/C23H24ClN2O7PS/c1-14(2)33-23(28)31-13-32-34(29,30)21(19-12-35-20-7-6-16(24)11-18(19)20)22(27)26-9-8-15-4-3-5-17(25)10-15/h3-12,14,21H,13,25H2,1-2H3,(H,26,27)(H,29,30)/b9-8+. The Morgan fingerprint density at radius 3 is 2.74 bits per heavy atom. The number of carbonyl (C=O) groups excluding carboxylic acids is 2. The van der Waals surface area contributed by atoms with Crippen LogP contribution >= 0.6 is 30.5 Å². The molecule has 0 saturated carbocycles. The summed E-state index contributed by atoms with van der Waals surface area (Å²) in [5, 5.41) is 5.03. The molecular weight excluding hydrogens is 515 g/mol. The van der Waals surface area contributed by atoms with Gasteiger partial charge in [-0.05, 0) is 72.1 Å². The van der Waals surface area contributed by atoms with Gasteiger partial charge < -0.3 is 25.4 Å². The van der Waals surface area contributed by atoms with Gasteiger partial charge >= 0.3 is 13.8 Å². The number of nitrogens with one attached hydrogen (secondary N) is 1. The average molecular weight is 539 g/mol. The number of fused-ring (bicyclic) bond motifs is 1. The predicted molar refractivity (Wildman–Crippen MR) is 136 cm³/mol. The Kier molecular flexibility index (Phi) is 8.93. The van der Waals surface area contributed by atoms with E-state index in [1.54, 1.807) is 67.8 Å². The molecule has 2 unspecified atom stereocenters. The zero-order valence-corrected chi connectivity index (χ0v) is 21.3. The summed E-state index contributed by atoms with van der Waals surface area (Å²) in [5.41, 5.74) is 5.63. The van der Waals surface area contributed by atoms with Gasteiger partial charge in [0.15, 0.2) is 5.66 Å². The molecule has 4 N–H and O–H groups in total. The van der Waals surface area contributed by atoms with Crippen molar-refractivity contribution in [1.29, 1.82) is 0 Å². The van der Waals surface area contributed by atoms with Crippen molar-refractivity contribution >= 4 is 64.4 Å². The second-order valence-electron chi connectivity index (χ2n) is 7.62.